The highest BCUT2D eigenvalue weighted by Crippen LogP contribution is 2.30. The lowest BCUT2D eigenvalue weighted by Crippen LogP contribution is -2.45. The number of halogens is 1. The molecule has 1 aromatic heterocycles. The molecule has 1 unspecified atom stereocenters. The van der Waals surface area contributed by atoms with E-state index in [-0.39, 0.29) is 42.4 Å². The summed E-state index contributed by atoms with van der Waals surface area (Å²) in [7, 11) is 0. The van der Waals surface area contributed by atoms with E-state index < -0.39 is 5.91 Å². The summed E-state index contributed by atoms with van der Waals surface area (Å²) in [5, 5.41) is 6.37. The molecule has 1 aliphatic heterocycles. The van der Waals surface area contributed by atoms with Crippen LogP contribution in [0.15, 0.2) is 45.8 Å². The van der Waals surface area contributed by atoms with Crippen molar-refractivity contribution in [3.05, 3.63) is 47.9 Å². The van der Waals surface area contributed by atoms with Gasteiger partial charge in [0.2, 0.25) is 0 Å². The number of aliphatic imine (C=N–C) groups is 1. The second-order valence-corrected chi connectivity index (χ2v) is 5.70. The van der Waals surface area contributed by atoms with Gasteiger partial charge in [0.15, 0.2) is 23.2 Å². The number of carbonyl (C=O) groups is 1. The zero-order valence-electron chi connectivity index (χ0n) is 14.9. The standard InChI is InChI=1S/C18H22N4O4.HI/c1-2-20-18(21-9-12-7-8-16(25-12)17(19)23)22-10-13-11-24-14-5-3-4-6-15(14)26-13;/h3-8,13H,2,9-11H2,1H3,(H2,19,23)(H2,20,21,22);1H. The van der Waals surface area contributed by atoms with Gasteiger partial charge in [0.1, 0.15) is 25.0 Å². The third-order valence-corrected chi connectivity index (χ3v) is 3.71. The first-order valence-electron chi connectivity index (χ1n) is 8.45. The van der Waals surface area contributed by atoms with Gasteiger partial charge < -0.3 is 30.3 Å². The summed E-state index contributed by atoms with van der Waals surface area (Å²) in [5.74, 6) is 2.20. The molecule has 0 spiro atoms. The second-order valence-electron chi connectivity index (χ2n) is 5.70. The first-order valence-corrected chi connectivity index (χ1v) is 8.45. The van der Waals surface area contributed by atoms with E-state index in [0.29, 0.717) is 31.4 Å². The molecule has 1 atom stereocenters. The molecule has 0 fully saturated rings. The number of nitrogens with zero attached hydrogens (tertiary/aromatic N) is 1. The fourth-order valence-corrected chi connectivity index (χ4v) is 2.47. The number of benzene rings is 1. The van der Waals surface area contributed by atoms with E-state index >= 15 is 0 Å². The summed E-state index contributed by atoms with van der Waals surface area (Å²) in [5.41, 5.74) is 5.18. The van der Waals surface area contributed by atoms with Crippen molar-refractivity contribution in [1.29, 1.82) is 0 Å². The molecule has 4 N–H and O–H groups in total. The SMILES string of the molecule is CCNC(=NCc1ccc(C(N)=O)o1)NCC1COc2ccccc2O1.I. The Morgan fingerprint density at radius 3 is 2.70 bits per heavy atom. The van der Waals surface area contributed by atoms with Crippen molar-refractivity contribution in [2.45, 2.75) is 19.6 Å². The minimum atomic E-state index is -0.597. The highest BCUT2D eigenvalue weighted by atomic mass is 127. The van der Waals surface area contributed by atoms with Gasteiger partial charge in [-0.2, -0.15) is 0 Å². The number of amides is 1. The van der Waals surface area contributed by atoms with Crippen LogP contribution in [-0.2, 0) is 6.54 Å². The van der Waals surface area contributed by atoms with Gasteiger partial charge in [-0.15, -0.1) is 24.0 Å². The molecule has 0 aliphatic carbocycles. The molecule has 1 amide bonds. The number of para-hydroxylation sites is 2. The largest absolute Gasteiger partial charge is 0.486 e. The molecule has 8 nitrogen and oxygen atoms in total. The fourth-order valence-electron chi connectivity index (χ4n) is 2.47. The van der Waals surface area contributed by atoms with Crippen molar-refractivity contribution in [2.24, 2.45) is 10.7 Å². The van der Waals surface area contributed by atoms with Crippen molar-refractivity contribution in [2.75, 3.05) is 19.7 Å². The first-order chi connectivity index (χ1) is 12.7. The molecule has 0 radical (unpaired) electrons. The molecule has 2 heterocycles. The van der Waals surface area contributed by atoms with E-state index in [1.165, 1.54) is 6.07 Å². The number of rotatable bonds is 6. The Hall–Kier alpha value is -2.43. The van der Waals surface area contributed by atoms with Crippen molar-refractivity contribution in [3.8, 4) is 11.5 Å². The summed E-state index contributed by atoms with van der Waals surface area (Å²) in [4.78, 5) is 15.5. The van der Waals surface area contributed by atoms with Crippen LogP contribution in [0.4, 0.5) is 0 Å². The van der Waals surface area contributed by atoms with Gasteiger partial charge in [-0.05, 0) is 31.2 Å². The van der Waals surface area contributed by atoms with Crippen LogP contribution in [0.1, 0.15) is 23.2 Å². The Balaban J connectivity index is 0.00000261. The maximum atomic E-state index is 11.1. The van der Waals surface area contributed by atoms with Gasteiger partial charge >= 0.3 is 0 Å². The number of nitrogens with two attached hydrogens (primary N) is 1. The third-order valence-electron chi connectivity index (χ3n) is 3.71. The minimum Gasteiger partial charge on any atom is -0.486 e. The van der Waals surface area contributed by atoms with Crippen LogP contribution in [0.5, 0.6) is 11.5 Å². The summed E-state index contributed by atoms with van der Waals surface area (Å²) in [6.07, 6.45) is -0.126. The van der Waals surface area contributed by atoms with Gasteiger partial charge in [0.25, 0.3) is 5.91 Å². The molecular weight excluding hydrogens is 463 g/mol. The summed E-state index contributed by atoms with van der Waals surface area (Å²) in [6, 6.07) is 10.8. The maximum absolute atomic E-state index is 11.1. The van der Waals surface area contributed by atoms with E-state index in [0.717, 1.165) is 11.5 Å². The van der Waals surface area contributed by atoms with Crippen LogP contribution < -0.4 is 25.8 Å². The number of ether oxygens (including phenoxy) is 2. The molecule has 0 bridgehead atoms. The zero-order valence-corrected chi connectivity index (χ0v) is 17.3. The van der Waals surface area contributed by atoms with Crippen molar-refractivity contribution in [3.63, 3.8) is 0 Å². The van der Waals surface area contributed by atoms with Gasteiger partial charge in [-0.25, -0.2) is 4.99 Å². The topological polar surface area (TPSA) is 111 Å². The van der Waals surface area contributed by atoms with Gasteiger partial charge in [-0.1, -0.05) is 12.1 Å². The Bertz CT molecular complexity index is 793. The Morgan fingerprint density at radius 1 is 1.22 bits per heavy atom. The Kier molecular flexibility index (Phi) is 7.77. The molecular formula is C18H23IN4O4. The third kappa shape index (κ3) is 5.78. The summed E-state index contributed by atoms with van der Waals surface area (Å²) in [6.45, 7) is 3.97. The number of primary amides is 1. The predicted molar refractivity (Wildman–Crippen MR) is 112 cm³/mol. The van der Waals surface area contributed by atoms with Crippen LogP contribution >= 0.6 is 24.0 Å². The number of hydrogen-bond donors (Lipinski definition) is 3. The number of fused-ring (bicyclic) bond motifs is 1. The fraction of sp³-hybridized carbons (Fsp3) is 0.333. The van der Waals surface area contributed by atoms with Crippen molar-refractivity contribution < 1.29 is 18.7 Å². The lowest BCUT2D eigenvalue weighted by molar-refractivity contribution is 0.0936. The molecule has 146 valence electrons. The monoisotopic (exact) mass is 486 g/mol. The van der Waals surface area contributed by atoms with Gasteiger partial charge in [0, 0.05) is 6.54 Å². The Morgan fingerprint density at radius 2 is 2.00 bits per heavy atom. The molecule has 1 aliphatic rings. The average molecular weight is 486 g/mol. The zero-order chi connectivity index (χ0) is 18.4. The highest BCUT2D eigenvalue weighted by molar-refractivity contribution is 14.0. The maximum Gasteiger partial charge on any atom is 0.284 e. The van der Waals surface area contributed by atoms with Crippen LogP contribution in [0.2, 0.25) is 0 Å². The van der Waals surface area contributed by atoms with E-state index in [9.17, 15) is 4.79 Å². The summed E-state index contributed by atoms with van der Waals surface area (Å²) >= 11 is 0. The molecule has 27 heavy (non-hydrogen) atoms. The number of furan rings is 1. The second kappa shape index (κ2) is 10.0. The number of carbonyl (C=O) groups excluding carboxylic acids is 1. The van der Waals surface area contributed by atoms with Crippen LogP contribution in [0, 0.1) is 0 Å². The van der Waals surface area contributed by atoms with Gasteiger partial charge in [0.05, 0.1) is 6.54 Å². The molecule has 1 aromatic carbocycles. The van der Waals surface area contributed by atoms with Crippen molar-refractivity contribution >= 4 is 35.8 Å². The molecule has 0 saturated carbocycles. The van der Waals surface area contributed by atoms with Crippen LogP contribution in [0.3, 0.4) is 0 Å². The first kappa shape index (κ1) is 20.9. The Labute approximate surface area is 174 Å². The number of guanidine groups is 1. The molecule has 3 rings (SSSR count). The molecule has 0 saturated heterocycles. The quantitative estimate of drug-likeness (QED) is 0.327. The van der Waals surface area contributed by atoms with Crippen molar-refractivity contribution in [1.82, 2.24) is 10.6 Å². The van der Waals surface area contributed by atoms with E-state index in [1.807, 2.05) is 31.2 Å². The normalized spacial score (nSPS) is 15.6. The lowest BCUT2D eigenvalue weighted by atomic mass is 10.2. The van der Waals surface area contributed by atoms with Crippen LogP contribution in [0.25, 0.3) is 0 Å². The number of nitrogens with one attached hydrogen (secondary N) is 2. The average Bonchev–Trinajstić information content (AvgIpc) is 3.13. The van der Waals surface area contributed by atoms with Gasteiger partial charge in [-0.3, -0.25) is 4.79 Å². The van der Waals surface area contributed by atoms with E-state index in [4.69, 9.17) is 19.6 Å². The predicted octanol–water partition coefficient (Wildman–Crippen LogP) is 1.89. The van der Waals surface area contributed by atoms with Crippen LogP contribution in [-0.4, -0.2) is 37.7 Å². The highest BCUT2D eigenvalue weighted by Gasteiger charge is 2.20. The summed E-state index contributed by atoms with van der Waals surface area (Å²) < 4.78 is 16.9. The molecule has 9 heteroatoms. The smallest absolute Gasteiger partial charge is 0.284 e. The number of hydrogen-bond acceptors (Lipinski definition) is 5. The molecule has 2 aromatic rings. The lowest BCUT2D eigenvalue weighted by Gasteiger charge is -2.27. The minimum absolute atomic E-state index is 0. The van der Waals surface area contributed by atoms with E-state index in [2.05, 4.69) is 15.6 Å². The van der Waals surface area contributed by atoms with E-state index in [1.54, 1.807) is 6.07 Å².